The van der Waals surface area contributed by atoms with Gasteiger partial charge in [-0.25, -0.2) is 0 Å². The van der Waals surface area contributed by atoms with Gasteiger partial charge in [-0.3, -0.25) is 0 Å². The van der Waals surface area contributed by atoms with E-state index in [9.17, 15) is 0 Å². The first-order valence-electron chi connectivity index (χ1n) is 27.6. The van der Waals surface area contributed by atoms with E-state index >= 15 is 0 Å². The molecule has 11 aromatic rings. The molecule has 0 bridgehead atoms. The molecule has 0 N–H and O–H groups in total. The molecule has 0 amide bonds. The van der Waals surface area contributed by atoms with Gasteiger partial charge in [-0.15, -0.1) is 0 Å². The topological polar surface area (TPSA) is 22.4 Å². The van der Waals surface area contributed by atoms with Gasteiger partial charge in [-0.1, -0.05) is 204 Å². The highest BCUT2D eigenvalue weighted by Gasteiger charge is 2.46. The monoisotopic (exact) mass is 984 g/mol. The molecule has 3 aliphatic carbocycles. The van der Waals surface area contributed by atoms with Crippen molar-refractivity contribution in [3.05, 3.63) is 208 Å². The lowest BCUT2D eigenvalue weighted by molar-refractivity contribution is 0.294. The second-order valence-corrected chi connectivity index (χ2v) is 26.3. The van der Waals surface area contributed by atoms with Gasteiger partial charge in [0.2, 0.25) is 0 Å². The van der Waals surface area contributed by atoms with Crippen molar-refractivity contribution >= 4 is 43.5 Å². The molecule has 0 saturated carbocycles. The zero-order chi connectivity index (χ0) is 52.3. The van der Waals surface area contributed by atoms with Crippen molar-refractivity contribution < 1.29 is 9.15 Å². The molecule has 2 heterocycles. The maximum absolute atomic E-state index is 7.04. The van der Waals surface area contributed by atoms with Gasteiger partial charge >= 0.3 is 0 Å². The van der Waals surface area contributed by atoms with E-state index in [0.29, 0.717) is 6.61 Å². The van der Waals surface area contributed by atoms with E-state index in [2.05, 4.69) is 241 Å². The summed E-state index contributed by atoms with van der Waals surface area (Å²) in [7, 11) is 0. The molecule has 2 heteroatoms. The van der Waals surface area contributed by atoms with Crippen LogP contribution >= 0.6 is 0 Å². The first kappa shape index (κ1) is 45.7. The van der Waals surface area contributed by atoms with Gasteiger partial charge in [-0.2, -0.15) is 0 Å². The van der Waals surface area contributed by atoms with Crippen LogP contribution < -0.4 is 4.74 Å². The fourth-order valence-corrected chi connectivity index (χ4v) is 14.8. The quantitative estimate of drug-likeness (QED) is 0.172. The van der Waals surface area contributed by atoms with Crippen molar-refractivity contribution in [2.24, 2.45) is 0 Å². The molecule has 0 saturated heterocycles. The van der Waals surface area contributed by atoms with Crippen LogP contribution in [0.5, 0.6) is 5.75 Å². The van der Waals surface area contributed by atoms with Crippen LogP contribution in [-0.4, -0.2) is 0 Å². The SMILES string of the molecule is CC(C)(C)c1cccc2c1OCc1c-2cccc1-c1cc2c(c3ccccc13)-c1cc3c(cc1C2(C)C)-c1cc2c(cc1C3(C)C)-c1c(cc(-c3cccc4c3oc3c(C(C)(C)C)cccc34)c3ccccc13)C2(C)C. The second-order valence-electron chi connectivity index (χ2n) is 26.3. The van der Waals surface area contributed by atoms with Crippen LogP contribution in [0.15, 0.2) is 162 Å². The number of rotatable bonds is 2. The summed E-state index contributed by atoms with van der Waals surface area (Å²) in [4.78, 5) is 0. The van der Waals surface area contributed by atoms with E-state index in [-0.39, 0.29) is 27.1 Å². The smallest absolute Gasteiger partial charge is 0.143 e. The highest BCUT2D eigenvalue weighted by atomic mass is 16.5. The van der Waals surface area contributed by atoms with E-state index in [4.69, 9.17) is 9.15 Å². The normalized spacial score (nSPS) is 16.0. The minimum absolute atomic E-state index is 0.0248. The molecule has 0 atom stereocenters. The molecule has 1 aliphatic heterocycles. The number of furan rings is 1. The summed E-state index contributed by atoms with van der Waals surface area (Å²) < 4.78 is 13.8. The number of para-hydroxylation sites is 3. The van der Waals surface area contributed by atoms with Gasteiger partial charge in [0.15, 0.2) is 0 Å². The number of fused-ring (bicyclic) bond motifs is 19. The van der Waals surface area contributed by atoms with Crippen LogP contribution in [0.1, 0.15) is 133 Å². The summed E-state index contributed by atoms with van der Waals surface area (Å²) in [6, 6.07) is 60.6. The third-order valence-corrected chi connectivity index (χ3v) is 18.8. The summed E-state index contributed by atoms with van der Waals surface area (Å²) in [5, 5.41) is 7.50. The second kappa shape index (κ2) is 14.8. The summed E-state index contributed by atoms with van der Waals surface area (Å²) in [6.07, 6.45) is 0. The molecule has 4 aliphatic rings. The van der Waals surface area contributed by atoms with Crippen LogP contribution in [0.3, 0.4) is 0 Å². The van der Waals surface area contributed by atoms with Gasteiger partial charge in [-0.05, 0) is 158 Å². The third-order valence-electron chi connectivity index (χ3n) is 18.8. The fraction of sp³-hybridized carbons (Fsp3) is 0.243. The van der Waals surface area contributed by atoms with E-state index in [1.807, 2.05) is 0 Å². The molecule has 2 nitrogen and oxygen atoms in total. The van der Waals surface area contributed by atoms with Gasteiger partial charge in [0.25, 0.3) is 0 Å². The Balaban J connectivity index is 0.878. The van der Waals surface area contributed by atoms with E-state index in [1.54, 1.807) is 0 Å². The molecule has 0 unspecified atom stereocenters. The Bertz CT molecular complexity index is 4430. The molecular formula is C74H64O2. The number of ether oxygens (including phenoxy) is 1. The van der Waals surface area contributed by atoms with Crippen LogP contribution in [0.25, 0.3) is 110 Å². The Morgan fingerprint density at radius 3 is 1.28 bits per heavy atom. The Hall–Kier alpha value is -7.68. The van der Waals surface area contributed by atoms with Crippen molar-refractivity contribution in [3.63, 3.8) is 0 Å². The first-order chi connectivity index (χ1) is 36.2. The lowest BCUT2D eigenvalue weighted by atomic mass is 9.78. The van der Waals surface area contributed by atoms with Crippen LogP contribution in [-0.2, 0) is 33.7 Å². The number of benzene rings is 10. The summed E-state index contributed by atoms with van der Waals surface area (Å²) in [5.74, 6) is 1.02. The van der Waals surface area contributed by atoms with Crippen molar-refractivity contribution in [1.82, 2.24) is 0 Å². The minimum atomic E-state index is -0.257. The zero-order valence-electron chi connectivity index (χ0n) is 46.0. The predicted molar refractivity (Wildman–Crippen MR) is 319 cm³/mol. The predicted octanol–water partition coefficient (Wildman–Crippen LogP) is 20.3. The summed E-state index contributed by atoms with van der Waals surface area (Å²) >= 11 is 0. The maximum Gasteiger partial charge on any atom is 0.143 e. The van der Waals surface area contributed by atoms with Crippen LogP contribution in [0.2, 0.25) is 0 Å². The van der Waals surface area contributed by atoms with Gasteiger partial charge in [0, 0.05) is 54.8 Å². The highest BCUT2D eigenvalue weighted by molar-refractivity contribution is 6.16. The standard InChI is InChI=1S/C74H64O2/c1-70(2,3)57-31-19-29-46-42-25-17-26-43(56(42)39-75-68(46)57)50-33-63-65(44-23-15-13-21-40(44)50)54-37-59-52(35-61(54)73(63,9)10)53-36-62-55(38-60(53)72(59,7)8)66-45-24-16-14-22-41(45)51(34-64(66)74(62,11)12)49-28-18-27-47-48-30-20-32-58(71(4,5)6)69(48)76-67(47)49/h13-38H,39H2,1-12H3. The van der Waals surface area contributed by atoms with Crippen LogP contribution in [0, 0.1) is 0 Å². The van der Waals surface area contributed by atoms with Crippen molar-refractivity contribution in [2.75, 3.05) is 0 Å². The van der Waals surface area contributed by atoms with E-state index in [0.717, 1.165) is 22.5 Å². The summed E-state index contributed by atoms with van der Waals surface area (Å²) in [5.41, 5.74) is 28.9. The molecule has 1 aromatic heterocycles. The van der Waals surface area contributed by atoms with Crippen molar-refractivity contribution in [1.29, 1.82) is 0 Å². The molecule has 372 valence electrons. The van der Waals surface area contributed by atoms with Gasteiger partial charge in [0.05, 0.1) is 0 Å². The fourth-order valence-electron chi connectivity index (χ4n) is 14.8. The molecular weight excluding hydrogens is 921 g/mol. The Morgan fingerprint density at radius 2 is 0.711 bits per heavy atom. The van der Waals surface area contributed by atoms with Gasteiger partial charge in [0.1, 0.15) is 23.5 Å². The average Bonchev–Trinajstić information content (AvgIpc) is 4.13. The molecule has 0 radical (unpaired) electrons. The van der Waals surface area contributed by atoms with E-state index in [1.165, 1.54) is 144 Å². The molecule has 0 fully saturated rings. The minimum Gasteiger partial charge on any atom is -0.488 e. The Kier molecular flexibility index (Phi) is 8.91. The summed E-state index contributed by atoms with van der Waals surface area (Å²) in [6.45, 7) is 28.9. The molecule has 15 rings (SSSR count). The lowest BCUT2D eigenvalue weighted by Gasteiger charge is -2.30. The highest BCUT2D eigenvalue weighted by Crippen LogP contribution is 2.62. The largest absolute Gasteiger partial charge is 0.488 e. The van der Waals surface area contributed by atoms with Crippen molar-refractivity contribution in [2.45, 2.75) is 117 Å². The zero-order valence-corrected chi connectivity index (χ0v) is 46.0. The van der Waals surface area contributed by atoms with Crippen molar-refractivity contribution in [3.8, 4) is 72.5 Å². The molecule has 0 spiro atoms. The van der Waals surface area contributed by atoms with Crippen LogP contribution in [0.4, 0.5) is 0 Å². The average molecular weight is 985 g/mol. The number of hydrogen-bond donors (Lipinski definition) is 0. The first-order valence-corrected chi connectivity index (χ1v) is 27.6. The molecule has 76 heavy (non-hydrogen) atoms. The van der Waals surface area contributed by atoms with E-state index < -0.39 is 0 Å². The number of hydrogen-bond acceptors (Lipinski definition) is 2. The Labute approximate surface area is 447 Å². The lowest BCUT2D eigenvalue weighted by Crippen LogP contribution is -2.17. The molecule has 10 aromatic carbocycles. The maximum atomic E-state index is 7.04. The Morgan fingerprint density at radius 1 is 0.329 bits per heavy atom. The van der Waals surface area contributed by atoms with Gasteiger partial charge < -0.3 is 9.15 Å². The third kappa shape index (κ3) is 5.88.